The third-order valence-corrected chi connectivity index (χ3v) is 2.93. The molecule has 17 heavy (non-hydrogen) atoms. The van der Waals surface area contributed by atoms with E-state index in [0.717, 1.165) is 36.7 Å². The van der Waals surface area contributed by atoms with E-state index in [9.17, 15) is 5.11 Å². The Labute approximate surface area is 102 Å². The Morgan fingerprint density at radius 2 is 2.18 bits per heavy atom. The van der Waals surface area contributed by atoms with E-state index in [1.807, 2.05) is 28.8 Å². The summed E-state index contributed by atoms with van der Waals surface area (Å²) in [4.78, 5) is 6.81. The number of fused-ring (bicyclic) bond motifs is 1. The summed E-state index contributed by atoms with van der Waals surface area (Å²) >= 11 is 0. The standard InChI is InChI=1S/C13H19N3O/c1-3-8-15(4-2)13-11(10-17)16-9-6-5-7-12(16)14-13/h5-7,9,17H,3-4,8,10H2,1-2H3. The van der Waals surface area contributed by atoms with E-state index in [1.165, 1.54) is 0 Å². The lowest BCUT2D eigenvalue weighted by Gasteiger charge is -2.20. The summed E-state index contributed by atoms with van der Waals surface area (Å²) in [5.41, 5.74) is 1.76. The van der Waals surface area contributed by atoms with E-state index < -0.39 is 0 Å². The van der Waals surface area contributed by atoms with Crippen LogP contribution >= 0.6 is 0 Å². The van der Waals surface area contributed by atoms with Gasteiger partial charge in [0.2, 0.25) is 0 Å². The summed E-state index contributed by atoms with van der Waals surface area (Å²) in [5, 5.41) is 9.53. The Hall–Kier alpha value is -1.55. The number of nitrogens with zero attached hydrogens (tertiary/aromatic N) is 3. The van der Waals surface area contributed by atoms with Gasteiger partial charge in [0, 0.05) is 19.3 Å². The molecule has 0 saturated heterocycles. The molecule has 4 nitrogen and oxygen atoms in total. The van der Waals surface area contributed by atoms with Gasteiger partial charge in [-0.2, -0.15) is 0 Å². The fourth-order valence-corrected chi connectivity index (χ4v) is 2.12. The van der Waals surface area contributed by atoms with E-state index in [2.05, 4.69) is 23.7 Å². The van der Waals surface area contributed by atoms with Crippen LogP contribution in [0.3, 0.4) is 0 Å². The molecule has 0 aliphatic rings. The molecule has 0 aliphatic heterocycles. The largest absolute Gasteiger partial charge is 0.390 e. The van der Waals surface area contributed by atoms with Gasteiger partial charge in [-0.25, -0.2) is 4.98 Å². The third kappa shape index (κ3) is 2.13. The van der Waals surface area contributed by atoms with Crippen LogP contribution in [-0.2, 0) is 6.61 Å². The molecule has 4 heteroatoms. The summed E-state index contributed by atoms with van der Waals surface area (Å²) in [6.07, 6.45) is 3.02. The average molecular weight is 233 g/mol. The van der Waals surface area contributed by atoms with Gasteiger partial charge in [-0.15, -0.1) is 0 Å². The Kier molecular flexibility index (Phi) is 3.64. The van der Waals surface area contributed by atoms with Gasteiger partial charge in [-0.3, -0.25) is 4.40 Å². The van der Waals surface area contributed by atoms with Crippen LogP contribution in [0, 0.1) is 0 Å². The molecule has 0 fully saturated rings. The number of pyridine rings is 1. The molecule has 2 rings (SSSR count). The minimum absolute atomic E-state index is 0.0146. The first-order valence-corrected chi connectivity index (χ1v) is 6.13. The number of hydrogen-bond acceptors (Lipinski definition) is 3. The van der Waals surface area contributed by atoms with Crippen LogP contribution in [0.2, 0.25) is 0 Å². The number of aromatic nitrogens is 2. The maximum Gasteiger partial charge on any atom is 0.153 e. The van der Waals surface area contributed by atoms with Crippen LogP contribution in [0.25, 0.3) is 5.65 Å². The molecule has 1 N–H and O–H groups in total. The van der Waals surface area contributed by atoms with Crippen LogP contribution in [0.4, 0.5) is 5.82 Å². The Bertz CT molecular complexity index is 492. The number of aliphatic hydroxyl groups is 1. The highest BCUT2D eigenvalue weighted by Crippen LogP contribution is 2.21. The monoisotopic (exact) mass is 233 g/mol. The van der Waals surface area contributed by atoms with E-state index >= 15 is 0 Å². The molecule has 2 aromatic heterocycles. The van der Waals surface area contributed by atoms with E-state index in [0.29, 0.717) is 0 Å². The second-order valence-electron chi connectivity index (χ2n) is 4.05. The fourth-order valence-electron chi connectivity index (χ4n) is 2.12. The molecule has 2 aromatic rings. The molecule has 92 valence electrons. The van der Waals surface area contributed by atoms with Crippen LogP contribution in [0.1, 0.15) is 26.0 Å². The summed E-state index contributed by atoms with van der Waals surface area (Å²) in [6.45, 7) is 6.15. The number of imidazole rings is 1. The van der Waals surface area contributed by atoms with Gasteiger partial charge in [-0.05, 0) is 25.5 Å². The first-order chi connectivity index (χ1) is 8.31. The summed E-state index contributed by atoms with van der Waals surface area (Å²) in [7, 11) is 0. The Morgan fingerprint density at radius 1 is 1.35 bits per heavy atom. The first kappa shape index (κ1) is 11.9. The SMILES string of the molecule is CCCN(CC)c1nc2ccccn2c1CO. The molecule has 0 aromatic carbocycles. The van der Waals surface area contributed by atoms with Crippen LogP contribution in [-0.4, -0.2) is 27.6 Å². The van der Waals surface area contributed by atoms with E-state index in [1.54, 1.807) is 0 Å². The molecule has 0 atom stereocenters. The molecule has 0 radical (unpaired) electrons. The Balaban J connectivity index is 2.51. The van der Waals surface area contributed by atoms with Crippen LogP contribution in [0.15, 0.2) is 24.4 Å². The minimum atomic E-state index is 0.0146. The van der Waals surface area contributed by atoms with E-state index in [4.69, 9.17) is 0 Å². The normalized spacial score (nSPS) is 11.0. The number of hydrogen-bond donors (Lipinski definition) is 1. The van der Waals surface area contributed by atoms with Crippen molar-refractivity contribution in [1.82, 2.24) is 9.38 Å². The van der Waals surface area contributed by atoms with Crippen molar-refractivity contribution in [1.29, 1.82) is 0 Å². The van der Waals surface area contributed by atoms with Crippen molar-refractivity contribution in [2.75, 3.05) is 18.0 Å². The summed E-state index contributed by atoms with van der Waals surface area (Å²) in [5.74, 6) is 0.906. The fraction of sp³-hybridized carbons (Fsp3) is 0.462. The highest BCUT2D eigenvalue weighted by molar-refractivity contribution is 5.55. The zero-order valence-corrected chi connectivity index (χ0v) is 10.4. The van der Waals surface area contributed by atoms with E-state index in [-0.39, 0.29) is 6.61 Å². The molecule has 0 aliphatic carbocycles. The smallest absolute Gasteiger partial charge is 0.153 e. The molecule has 2 heterocycles. The lowest BCUT2D eigenvalue weighted by molar-refractivity contribution is 0.276. The predicted octanol–water partition coefficient (Wildman–Crippen LogP) is 2.06. The quantitative estimate of drug-likeness (QED) is 0.859. The molecule has 0 amide bonds. The van der Waals surface area contributed by atoms with Gasteiger partial charge in [0.25, 0.3) is 0 Å². The predicted molar refractivity (Wildman–Crippen MR) is 69.3 cm³/mol. The highest BCUT2D eigenvalue weighted by Gasteiger charge is 2.15. The number of anilines is 1. The molecular weight excluding hydrogens is 214 g/mol. The van der Waals surface area contributed by atoms with Crippen LogP contribution in [0.5, 0.6) is 0 Å². The molecule has 0 unspecified atom stereocenters. The molecule has 0 spiro atoms. The van der Waals surface area contributed by atoms with Crippen molar-refractivity contribution in [3.8, 4) is 0 Å². The topological polar surface area (TPSA) is 40.8 Å². The number of rotatable bonds is 5. The van der Waals surface area contributed by atoms with Crippen molar-refractivity contribution in [3.63, 3.8) is 0 Å². The second-order valence-corrected chi connectivity index (χ2v) is 4.05. The van der Waals surface area contributed by atoms with Gasteiger partial charge in [0.15, 0.2) is 5.82 Å². The lowest BCUT2D eigenvalue weighted by Crippen LogP contribution is -2.25. The maximum absolute atomic E-state index is 9.53. The lowest BCUT2D eigenvalue weighted by atomic mass is 10.3. The van der Waals surface area contributed by atoms with Gasteiger partial charge >= 0.3 is 0 Å². The van der Waals surface area contributed by atoms with Gasteiger partial charge in [0.1, 0.15) is 5.65 Å². The molecular formula is C13H19N3O. The van der Waals surface area contributed by atoms with Crippen molar-refractivity contribution in [2.24, 2.45) is 0 Å². The summed E-state index contributed by atoms with van der Waals surface area (Å²) < 4.78 is 1.95. The zero-order chi connectivity index (χ0) is 12.3. The summed E-state index contributed by atoms with van der Waals surface area (Å²) in [6, 6.07) is 5.87. The molecule has 0 saturated carbocycles. The maximum atomic E-state index is 9.53. The third-order valence-electron chi connectivity index (χ3n) is 2.93. The van der Waals surface area contributed by atoms with Crippen molar-refractivity contribution in [3.05, 3.63) is 30.1 Å². The first-order valence-electron chi connectivity index (χ1n) is 6.13. The highest BCUT2D eigenvalue weighted by atomic mass is 16.3. The number of aliphatic hydroxyl groups excluding tert-OH is 1. The van der Waals surface area contributed by atoms with Gasteiger partial charge in [-0.1, -0.05) is 13.0 Å². The van der Waals surface area contributed by atoms with Gasteiger partial charge in [0.05, 0.1) is 12.3 Å². The zero-order valence-electron chi connectivity index (χ0n) is 10.4. The second kappa shape index (κ2) is 5.19. The van der Waals surface area contributed by atoms with Crippen molar-refractivity contribution < 1.29 is 5.11 Å². The Morgan fingerprint density at radius 3 is 2.82 bits per heavy atom. The van der Waals surface area contributed by atoms with Gasteiger partial charge < -0.3 is 10.0 Å². The average Bonchev–Trinajstić information content (AvgIpc) is 2.74. The van der Waals surface area contributed by atoms with Crippen LogP contribution < -0.4 is 4.90 Å². The molecule has 0 bridgehead atoms. The minimum Gasteiger partial charge on any atom is -0.390 e. The van der Waals surface area contributed by atoms with Crippen molar-refractivity contribution in [2.45, 2.75) is 26.9 Å². The van der Waals surface area contributed by atoms with Crippen molar-refractivity contribution >= 4 is 11.5 Å².